The number of amides is 1. The Labute approximate surface area is 112 Å². The quantitative estimate of drug-likeness (QED) is 0.813. The Morgan fingerprint density at radius 2 is 2.11 bits per heavy atom. The molecule has 6 heteroatoms. The van der Waals surface area contributed by atoms with Gasteiger partial charge in [-0.2, -0.15) is 13.2 Å². The summed E-state index contributed by atoms with van der Waals surface area (Å²) in [7, 11) is 0. The summed E-state index contributed by atoms with van der Waals surface area (Å²) in [4.78, 5) is 11.6. The average Bonchev–Trinajstić information content (AvgIpc) is 2.27. The highest BCUT2D eigenvalue weighted by atomic mass is 19.4. The van der Waals surface area contributed by atoms with Crippen molar-refractivity contribution in [3.8, 4) is 0 Å². The molecule has 0 heterocycles. The Morgan fingerprint density at radius 1 is 1.42 bits per heavy atom. The molecule has 3 N–H and O–H groups in total. The van der Waals surface area contributed by atoms with Gasteiger partial charge in [0.1, 0.15) is 0 Å². The summed E-state index contributed by atoms with van der Waals surface area (Å²) in [5.74, 6) is -1.43. The summed E-state index contributed by atoms with van der Waals surface area (Å²) in [6, 6.07) is -0.278. The molecule has 0 spiro atoms. The number of nitrogens with two attached hydrogens (primary N) is 1. The summed E-state index contributed by atoms with van der Waals surface area (Å²) in [5, 5.41) is 2.71. The van der Waals surface area contributed by atoms with Crippen LogP contribution in [-0.2, 0) is 4.79 Å². The number of carbonyl (C=O) groups excluding carboxylic acids is 1. The first kappa shape index (κ1) is 16.3. The molecular formula is C13H23F3N2O. The van der Waals surface area contributed by atoms with Crippen LogP contribution in [0.2, 0.25) is 0 Å². The van der Waals surface area contributed by atoms with E-state index in [2.05, 4.69) is 5.32 Å². The van der Waals surface area contributed by atoms with Crippen molar-refractivity contribution in [3.63, 3.8) is 0 Å². The topological polar surface area (TPSA) is 55.1 Å². The van der Waals surface area contributed by atoms with E-state index < -0.39 is 12.1 Å². The lowest BCUT2D eigenvalue weighted by atomic mass is 9.85. The van der Waals surface area contributed by atoms with Crippen molar-refractivity contribution in [2.45, 2.75) is 70.1 Å². The fraction of sp³-hybridized carbons (Fsp3) is 0.923. The molecular weight excluding hydrogens is 257 g/mol. The van der Waals surface area contributed by atoms with Crippen LogP contribution in [-0.4, -0.2) is 24.2 Å². The van der Waals surface area contributed by atoms with Crippen LogP contribution in [0, 0.1) is 5.92 Å². The minimum atomic E-state index is -4.14. The van der Waals surface area contributed by atoms with Crippen molar-refractivity contribution in [1.29, 1.82) is 0 Å². The van der Waals surface area contributed by atoms with Crippen molar-refractivity contribution in [2.24, 2.45) is 11.7 Å². The third kappa shape index (κ3) is 6.27. The molecule has 1 saturated carbocycles. The predicted octanol–water partition coefficient (Wildman–Crippen LogP) is 2.74. The summed E-state index contributed by atoms with van der Waals surface area (Å²) in [5.41, 5.74) is 5.57. The largest absolute Gasteiger partial charge is 0.391 e. The molecule has 0 aliphatic heterocycles. The number of nitrogens with one attached hydrogen (secondary N) is 1. The van der Waals surface area contributed by atoms with Crippen LogP contribution in [0.4, 0.5) is 13.2 Å². The Kier molecular flexibility index (Phi) is 6.10. The van der Waals surface area contributed by atoms with E-state index in [0.29, 0.717) is 25.7 Å². The van der Waals surface area contributed by atoms with Crippen molar-refractivity contribution >= 4 is 5.91 Å². The number of alkyl halides is 3. The monoisotopic (exact) mass is 280 g/mol. The smallest absolute Gasteiger partial charge is 0.353 e. The number of halogens is 3. The van der Waals surface area contributed by atoms with Gasteiger partial charge in [-0.15, -0.1) is 0 Å². The fourth-order valence-corrected chi connectivity index (χ4v) is 2.50. The zero-order valence-corrected chi connectivity index (χ0v) is 11.3. The maximum atomic E-state index is 12.6. The molecule has 3 atom stereocenters. The van der Waals surface area contributed by atoms with Gasteiger partial charge in [-0.05, 0) is 39.0 Å². The molecule has 19 heavy (non-hydrogen) atoms. The fourth-order valence-electron chi connectivity index (χ4n) is 2.50. The van der Waals surface area contributed by atoms with E-state index in [1.165, 1.54) is 0 Å². The number of carbonyl (C=O) groups is 1. The highest BCUT2D eigenvalue weighted by Crippen LogP contribution is 2.37. The third-order valence-electron chi connectivity index (χ3n) is 3.57. The highest BCUT2D eigenvalue weighted by molar-refractivity contribution is 5.76. The predicted molar refractivity (Wildman–Crippen MR) is 67.4 cm³/mol. The van der Waals surface area contributed by atoms with Crippen LogP contribution in [0.5, 0.6) is 0 Å². The maximum Gasteiger partial charge on any atom is 0.391 e. The standard InChI is InChI=1S/C13H23F3N2O/c1-9(17)4-2-7-12(19)18-11-6-3-5-10(8-11)13(14,15)16/h9-11H,2-8,17H2,1H3,(H,18,19). The third-order valence-corrected chi connectivity index (χ3v) is 3.57. The molecule has 1 aliphatic carbocycles. The molecule has 3 nitrogen and oxygen atoms in total. The lowest BCUT2D eigenvalue weighted by Crippen LogP contribution is -2.41. The van der Waals surface area contributed by atoms with E-state index in [-0.39, 0.29) is 30.8 Å². The molecule has 1 aliphatic rings. The molecule has 1 rings (SSSR count). The second-order valence-electron chi connectivity index (χ2n) is 5.54. The van der Waals surface area contributed by atoms with E-state index in [0.717, 1.165) is 6.42 Å². The van der Waals surface area contributed by atoms with Crippen molar-refractivity contribution < 1.29 is 18.0 Å². The van der Waals surface area contributed by atoms with Crippen LogP contribution in [0.1, 0.15) is 51.9 Å². The Balaban J connectivity index is 2.30. The van der Waals surface area contributed by atoms with E-state index in [4.69, 9.17) is 5.73 Å². The summed E-state index contributed by atoms with van der Waals surface area (Å²) in [6.07, 6.45) is -1.00. The normalized spacial score (nSPS) is 25.9. The van der Waals surface area contributed by atoms with Gasteiger partial charge in [0.15, 0.2) is 0 Å². The van der Waals surface area contributed by atoms with Crippen LogP contribution >= 0.6 is 0 Å². The van der Waals surface area contributed by atoms with Crippen LogP contribution < -0.4 is 11.1 Å². The number of rotatable bonds is 5. The molecule has 0 aromatic heterocycles. The lowest BCUT2D eigenvalue weighted by Gasteiger charge is -2.31. The van der Waals surface area contributed by atoms with Crippen molar-refractivity contribution in [2.75, 3.05) is 0 Å². The van der Waals surface area contributed by atoms with Crippen molar-refractivity contribution in [3.05, 3.63) is 0 Å². The average molecular weight is 280 g/mol. The van der Waals surface area contributed by atoms with E-state index in [1.807, 2.05) is 6.92 Å². The van der Waals surface area contributed by atoms with Crippen molar-refractivity contribution in [1.82, 2.24) is 5.32 Å². The zero-order chi connectivity index (χ0) is 14.5. The highest BCUT2D eigenvalue weighted by Gasteiger charge is 2.42. The maximum absolute atomic E-state index is 12.6. The zero-order valence-electron chi connectivity index (χ0n) is 11.3. The molecule has 0 radical (unpaired) electrons. The molecule has 0 bridgehead atoms. The number of hydrogen-bond acceptors (Lipinski definition) is 2. The van der Waals surface area contributed by atoms with Gasteiger partial charge in [0, 0.05) is 18.5 Å². The molecule has 1 fully saturated rings. The van der Waals surface area contributed by atoms with Gasteiger partial charge in [-0.25, -0.2) is 0 Å². The molecule has 112 valence electrons. The van der Waals surface area contributed by atoms with Crippen LogP contribution in [0.15, 0.2) is 0 Å². The van der Waals surface area contributed by atoms with Gasteiger partial charge in [-0.3, -0.25) is 4.79 Å². The minimum Gasteiger partial charge on any atom is -0.353 e. The van der Waals surface area contributed by atoms with E-state index in [1.54, 1.807) is 0 Å². The van der Waals surface area contributed by atoms with Gasteiger partial charge >= 0.3 is 6.18 Å². The second kappa shape index (κ2) is 7.12. The summed E-state index contributed by atoms with van der Waals surface area (Å²) in [6.45, 7) is 1.87. The number of hydrogen-bond donors (Lipinski definition) is 2. The minimum absolute atomic E-state index is 0.0164. The molecule has 0 saturated heterocycles. The van der Waals surface area contributed by atoms with Gasteiger partial charge in [0.2, 0.25) is 5.91 Å². The van der Waals surface area contributed by atoms with Crippen LogP contribution in [0.3, 0.4) is 0 Å². The van der Waals surface area contributed by atoms with Gasteiger partial charge < -0.3 is 11.1 Å². The second-order valence-corrected chi connectivity index (χ2v) is 5.54. The first-order valence-corrected chi connectivity index (χ1v) is 6.90. The SMILES string of the molecule is CC(N)CCCC(=O)NC1CCCC(C(F)(F)F)C1. The first-order chi connectivity index (χ1) is 8.79. The lowest BCUT2D eigenvalue weighted by molar-refractivity contribution is -0.184. The van der Waals surface area contributed by atoms with Crippen LogP contribution in [0.25, 0.3) is 0 Å². The van der Waals surface area contributed by atoms with Gasteiger partial charge in [0.05, 0.1) is 5.92 Å². The Bertz CT molecular complexity index is 292. The molecule has 1 amide bonds. The molecule has 3 unspecified atom stereocenters. The van der Waals surface area contributed by atoms with E-state index in [9.17, 15) is 18.0 Å². The van der Waals surface area contributed by atoms with Gasteiger partial charge in [0.25, 0.3) is 0 Å². The molecule has 0 aromatic carbocycles. The summed E-state index contributed by atoms with van der Waals surface area (Å²) >= 11 is 0. The summed E-state index contributed by atoms with van der Waals surface area (Å²) < 4.78 is 37.9. The Hall–Kier alpha value is -0.780. The van der Waals surface area contributed by atoms with Gasteiger partial charge in [-0.1, -0.05) is 6.42 Å². The first-order valence-electron chi connectivity index (χ1n) is 6.90. The van der Waals surface area contributed by atoms with E-state index >= 15 is 0 Å². The molecule has 0 aromatic rings. The Morgan fingerprint density at radius 3 is 2.68 bits per heavy atom.